The summed E-state index contributed by atoms with van der Waals surface area (Å²) in [7, 11) is 2.01. The van der Waals surface area contributed by atoms with E-state index in [0.29, 0.717) is 28.1 Å². The third-order valence-electron chi connectivity index (χ3n) is 12.6. The molecule has 2 heteroatoms. The van der Waals surface area contributed by atoms with E-state index >= 15 is 0 Å². The first-order chi connectivity index (χ1) is 14.7. The van der Waals surface area contributed by atoms with E-state index in [2.05, 4.69) is 27.7 Å². The lowest BCUT2D eigenvalue weighted by Crippen LogP contribution is -2.57. The van der Waals surface area contributed by atoms with Crippen LogP contribution in [-0.4, -0.2) is 19.0 Å². The Morgan fingerprint density at radius 1 is 1.06 bits per heavy atom. The second-order valence-electron chi connectivity index (χ2n) is 13.2. The van der Waals surface area contributed by atoms with Gasteiger partial charge in [0.25, 0.3) is 0 Å². The molecule has 2 nitrogen and oxygen atoms in total. The van der Waals surface area contributed by atoms with Gasteiger partial charge in [-0.3, -0.25) is 4.79 Å². The lowest BCUT2D eigenvalue weighted by atomic mass is 9.45. The Kier molecular flexibility index (Phi) is 5.48. The number of rotatable bonds is 7. The molecule has 5 fully saturated rings. The standard InChI is InChI=1S/C29H48O2/c1-7-20(19(3)30)9-8-18(2)23-10-11-24-22-16-26(31-6)29-17-21(29)12-15-28(29,5)25(22)13-14-27(23,24)4/h18,20-26H,7-17H2,1-6H3/t18-,20?,21-,22+,23-,24+,25+,26-,27-,28-,29+/m1/s1. The minimum absolute atomic E-state index is 0.286. The lowest BCUT2D eigenvalue weighted by molar-refractivity contribution is -0.161. The topological polar surface area (TPSA) is 26.3 Å². The predicted molar refractivity (Wildman–Crippen MR) is 127 cm³/mol. The number of ether oxygens (including phenoxy) is 1. The van der Waals surface area contributed by atoms with Crippen LogP contribution in [0.3, 0.4) is 0 Å². The van der Waals surface area contributed by atoms with E-state index in [-0.39, 0.29) is 5.92 Å². The van der Waals surface area contributed by atoms with Crippen LogP contribution in [-0.2, 0) is 9.53 Å². The van der Waals surface area contributed by atoms with Gasteiger partial charge in [0, 0.05) is 18.4 Å². The van der Waals surface area contributed by atoms with E-state index in [4.69, 9.17) is 4.74 Å². The first-order valence-corrected chi connectivity index (χ1v) is 13.8. The van der Waals surface area contributed by atoms with Gasteiger partial charge in [0.15, 0.2) is 0 Å². The van der Waals surface area contributed by atoms with Crippen molar-refractivity contribution >= 4 is 5.78 Å². The SMILES string of the molecule is CCC(CC[C@@H](C)[C@H]1CC[C@H]2[C@@H]3C[C@@H](OC)[C@]45C[C@H]4CC[C@]5(C)[C@H]3CC[C@]12C)C(C)=O. The Labute approximate surface area is 191 Å². The van der Waals surface area contributed by atoms with Gasteiger partial charge in [-0.1, -0.05) is 27.7 Å². The highest BCUT2D eigenvalue weighted by Crippen LogP contribution is 2.82. The summed E-state index contributed by atoms with van der Waals surface area (Å²) in [5, 5.41) is 0. The molecule has 11 atom stereocenters. The molecule has 0 aromatic rings. The highest BCUT2D eigenvalue weighted by Gasteiger charge is 2.77. The zero-order valence-electron chi connectivity index (χ0n) is 21.2. The van der Waals surface area contributed by atoms with Gasteiger partial charge in [-0.05, 0) is 124 Å². The number of hydrogen-bond donors (Lipinski definition) is 0. The van der Waals surface area contributed by atoms with Crippen molar-refractivity contribution in [1.82, 2.24) is 0 Å². The summed E-state index contributed by atoms with van der Waals surface area (Å²) in [6.07, 6.45) is 15.4. The van der Waals surface area contributed by atoms with Crippen LogP contribution in [0.15, 0.2) is 0 Å². The van der Waals surface area contributed by atoms with Gasteiger partial charge >= 0.3 is 0 Å². The molecule has 0 heterocycles. The van der Waals surface area contributed by atoms with E-state index in [1.54, 1.807) is 6.92 Å². The molecule has 1 unspecified atom stereocenters. The average molecular weight is 429 g/mol. The molecule has 0 aliphatic heterocycles. The van der Waals surface area contributed by atoms with Gasteiger partial charge in [0.1, 0.15) is 5.78 Å². The molecule has 0 N–H and O–H groups in total. The summed E-state index contributed by atoms with van der Waals surface area (Å²) in [4.78, 5) is 12.0. The van der Waals surface area contributed by atoms with Crippen LogP contribution in [0.25, 0.3) is 0 Å². The van der Waals surface area contributed by atoms with Gasteiger partial charge in [-0.15, -0.1) is 0 Å². The zero-order chi connectivity index (χ0) is 22.2. The van der Waals surface area contributed by atoms with Crippen LogP contribution >= 0.6 is 0 Å². The number of ketones is 1. The van der Waals surface area contributed by atoms with E-state index < -0.39 is 0 Å². The number of hydrogen-bond acceptors (Lipinski definition) is 2. The Balaban J connectivity index is 1.34. The zero-order valence-corrected chi connectivity index (χ0v) is 21.2. The summed E-state index contributed by atoms with van der Waals surface area (Å²) in [6.45, 7) is 11.9. The largest absolute Gasteiger partial charge is 0.381 e. The smallest absolute Gasteiger partial charge is 0.132 e. The van der Waals surface area contributed by atoms with E-state index in [9.17, 15) is 4.79 Å². The first-order valence-electron chi connectivity index (χ1n) is 13.8. The summed E-state index contributed by atoms with van der Waals surface area (Å²) in [5.41, 5.74) is 1.60. The highest BCUT2D eigenvalue weighted by atomic mass is 16.5. The van der Waals surface area contributed by atoms with Crippen LogP contribution in [0.4, 0.5) is 0 Å². The second-order valence-corrected chi connectivity index (χ2v) is 13.2. The minimum Gasteiger partial charge on any atom is -0.381 e. The maximum absolute atomic E-state index is 12.0. The molecule has 5 aliphatic rings. The predicted octanol–water partition coefficient (Wildman–Crippen LogP) is 7.30. The highest BCUT2D eigenvalue weighted by molar-refractivity contribution is 5.78. The molecule has 1 spiro atoms. The molecular formula is C29H48O2. The molecule has 0 radical (unpaired) electrons. The summed E-state index contributed by atoms with van der Waals surface area (Å²) < 4.78 is 6.29. The van der Waals surface area contributed by atoms with Crippen LogP contribution in [0.2, 0.25) is 0 Å². The van der Waals surface area contributed by atoms with Crippen LogP contribution in [0, 0.1) is 57.7 Å². The minimum atomic E-state index is 0.286. The molecular weight excluding hydrogens is 380 g/mol. The van der Waals surface area contributed by atoms with Crippen LogP contribution in [0.1, 0.15) is 105 Å². The van der Waals surface area contributed by atoms with Crippen molar-refractivity contribution in [2.75, 3.05) is 7.11 Å². The summed E-state index contributed by atoms with van der Waals surface area (Å²) in [5.74, 6) is 5.99. The Morgan fingerprint density at radius 3 is 2.48 bits per heavy atom. The number of methoxy groups -OCH3 is 1. The van der Waals surface area contributed by atoms with E-state index in [1.807, 2.05) is 7.11 Å². The molecule has 5 aliphatic carbocycles. The first kappa shape index (κ1) is 22.4. The Bertz CT molecular complexity index is 716. The second kappa shape index (κ2) is 7.57. The Morgan fingerprint density at radius 2 is 1.84 bits per heavy atom. The quantitative estimate of drug-likeness (QED) is 0.425. The van der Waals surface area contributed by atoms with Crippen LogP contribution < -0.4 is 0 Å². The molecule has 0 saturated heterocycles. The van der Waals surface area contributed by atoms with Gasteiger partial charge < -0.3 is 4.74 Å². The van der Waals surface area contributed by atoms with E-state index in [0.717, 1.165) is 48.3 Å². The number of carbonyl (C=O) groups excluding carboxylic acids is 1. The molecule has 5 saturated carbocycles. The third-order valence-corrected chi connectivity index (χ3v) is 12.6. The number of carbonyl (C=O) groups is 1. The van der Waals surface area contributed by atoms with Crippen molar-refractivity contribution in [2.24, 2.45) is 57.7 Å². The summed E-state index contributed by atoms with van der Waals surface area (Å²) >= 11 is 0. The van der Waals surface area contributed by atoms with E-state index in [1.165, 1.54) is 57.8 Å². The average Bonchev–Trinajstić information content (AvgIpc) is 3.24. The molecule has 176 valence electrons. The fraction of sp³-hybridized carbons (Fsp3) is 0.966. The third kappa shape index (κ3) is 2.95. The number of Topliss-reactive ketones (excluding diaryl/α,β-unsaturated/α-hetero) is 1. The fourth-order valence-electron chi connectivity index (χ4n) is 10.9. The van der Waals surface area contributed by atoms with Crippen molar-refractivity contribution in [2.45, 2.75) is 111 Å². The molecule has 0 aromatic heterocycles. The lowest BCUT2D eigenvalue weighted by Gasteiger charge is -2.61. The number of fused-ring (bicyclic) bond motifs is 4. The van der Waals surface area contributed by atoms with Crippen LogP contribution in [0.5, 0.6) is 0 Å². The molecule has 5 rings (SSSR count). The normalized spacial score (nSPS) is 51.9. The molecule has 0 aromatic carbocycles. The molecule has 0 amide bonds. The van der Waals surface area contributed by atoms with Crippen molar-refractivity contribution in [1.29, 1.82) is 0 Å². The van der Waals surface area contributed by atoms with Crippen molar-refractivity contribution in [3.8, 4) is 0 Å². The maximum atomic E-state index is 12.0. The van der Waals surface area contributed by atoms with Crippen molar-refractivity contribution in [3.63, 3.8) is 0 Å². The van der Waals surface area contributed by atoms with Gasteiger partial charge in [-0.2, -0.15) is 0 Å². The Hall–Kier alpha value is -0.370. The van der Waals surface area contributed by atoms with Gasteiger partial charge in [0.2, 0.25) is 0 Å². The molecule has 31 heavy (non-hydrogen) atoms. The monoisotopic (exact) mass is 428 g/mol. The van der Waals surface area contributed by atoms with Gasteiger partial charge in [-0.25, -0.2) is 0 Å². The van der Waals surface area contributed by atoms with Crippen molar-refractivity contribution < 1.29 is 9.53 Å². The van der Waals surface area contributed by atoms with Gasteiger partial charge in [0.05, 0.1) is 6.10 Å². The van der Waals surface area contributed by atoms with Crippen molar-refractivity contribution in [3.05, 3.63) is 0 Å². The molecule has 0 bridgehead atoms. The summed E-state index contributed by atoms with van der Waals surface area (Å²) in [6, 6.07) is 0. The maximum Gasteiger partial charge on any atom is 0.132 e. The fourth-order valence-corrected chi connectivity index (χ4v) is 10.9.